The smallest absolute Gasteiger partial charge is 0.0462 e. The summed E-state index contributed by atoms with van der Waals surface area (Å²) in [6.45, 7) is 0.872. The zero-order valence-corrected chi connectivity index (χ0v) is 11.5. The molecular weight excluding hydrogens is 294 g/mol. The molecule has 0 spiro atoms. The van der Waals surface area contributed by atoms with Crippen LogP contribution in [-0.4, -0.2) is 17.5 Å². The van der Waals surface area contributed by atoms with Crippen molar-refractivity contribution >= 4 is 39.3 Å². The SMILES string of the molecule is Clc1cc(Br)ccc1CNC1CCSC1. The van der Waals surface area contributed by atoms with Gasteiger partial charge in [-0.25, -0.2) is 0 Å². The molecule has 1 nitrogen and oxygen atoms in total. The van der Waals surface area contributed by atoms with E-state index >= 15 is 0 Å². The maximum absolute atomic E-state index is 6.14. The summed E-state index contributed by atoms with van der Waals surface area (Å²) in [5.41, 5.74) is 1.18. The molecule has 1 aromatic rings. The molecule has 1 N–H and O–H groups in total. The van der Waals surface area contributed by atoms with Gasteiger partial charge >= 0.3 is 0 Å². The van der Waals surface area contributed by atoms with Crippen molar-refractivity contribution in [2.45, 2.75) is 19.0 Å². The molecule has 0 amide bonds. The third kappa shape index (κ3) is 3.38. The predicted octanol–water partition coefficient (Wildman–Crippen LogP) is 3.70. The fraction of sp³-hybridized carbons (Fsp3) is 0.455. The number of benzene rings is 1. The largest absolute Gasteiger partial charge is 0.309 e. The lowest BCUT2D eigenvalue weighted by molar-refractivity contribution is 0.558. The molecule has 15 heavy (non-hydrogen) atoms. The van der Waals surface area contributed by atoms with Gasteiger partial charge in [0.15, 0.2) is 0 Å². The lowest BCUT2D eigenvalue weighted by Gasteiger charge is -2.12. The van der Waals surface area contributed by atoms with Gasteiger partial charge in [-0.3, -0.25) is 0 Å². The molecule has 1 unspecified atom stereocenters. The molecule has 1 aromatic carbocycles. The second-order valence-electron chi connectivity index (χ2n) is 3.68. The quantitative estimate of drug-likeness (QED) is 0.914. The highest BCUT2D eigenvalue weighted by atomic mass is 79.9. The zero-order chi connectivity index (χ0) is 10.7. The Labute approximate surface area is 108 Å². The van der Waals surface area contributed by atoms with E-state index in [0.29, 0.717) is 6.04 Å². The second kappa shape index (κ2) is 5.58. The first kappa shape index (κ1) is 11.8. The molecule has 1 saturated heterocycles. The van der Waals surface area contributed by atoms with E-state index in [1.165, 1.54) is 23.5 Å². The highest BCUT2D eigenvalue weighted by Gasteiger charge is 2.14. The second-order valence-corrected chi connectivity index (χ2v) is 6.15. The number of nitrogens with one attached hydrogen (secondary N) is 1. The number of hydrogen-bond donors (Lipinski definition) is 1. The van der Waals surface area contributed by atoms with Crippen molar-refractivity contribution in [1.29, 1.82) is 0 Å². The Morgan fingerprint density at radius 1 is 1.53 bits per heavy atom. The van der Waals surface area contributed by atoms with Gasteiger partial charge in [-0.05, 0) is 29.9 Å². The van der Waals surface area contributed by atoms with Crippen LogP contribution >= 0.6 is 39.3 Å². The Kier molecular flexibility index (Phi) is 4.38. The lowest BCUT2D eigenvalue weighted by Crippen LogP contribution is -2.28. The van der Waals surface area contributed by atoms with Crippen LogP contribution in [0.15, 0.2) is 22.7 Å². The summed E-state index contributed by atoms with van der Waals surface area (Å²) >= 11 is 11.6. The van der Waals surface area contributed by atoms with Crippen LogP contribution in [0.25, 0.3) is 0 Å². The first-order chi connectivity index (χ1) is 7.25. The molecule has 82 valence electrons. The van der Waals surface area contributed by atoms with Gasteiger partial charge in [-0.15, -0.1) is 0 Å². The first-order valence-electron chi connectivity index (χ1n) is 5.01. The monoisotopic (exact) mass is 305 g/mol. The Hall–Kier alpha value is 0.300. The minimum absolute atomic E-state index is 0.662. The van der Waals surface area contributed by atoms with E-state index in [1.807, 2.05) is 23.9 Å². The molecule has 0 saturated carbocycles. The topological polar surface area (TPSA) is 12.0 Å². The van der Waals surface area contributed by atoms with E-state index < -0.39 is 0 Å². The van der Waals surface area contributed by atoms with Crippen molar-refractivity contribution < 1.29 is 0 Å². The van der Waals surface area contributed by atoms with Gasteiger partial charge in [-0.2, -0.15) is 11.8 Å². The molecule has 1 fully saturated rings. The van der Waals surface area contributed by atoms with Gasteiger partial charge in [0.1, 0.15) is 0 Å². The summed E-state index contributed by atoms with van der Waals surface area (Å²) in [6.07, 6.45) is 1.28. The Morgan fingerprint density at radius 2 is 2.40 bits per heavy atom. The van der Waals surface area contributed by atoms with E-state index in [2.05, 4.69) is 27.3 Å². The van der Waals surface area contributed by atoms with Gasteiger partial charge in [0.25, 0.3) is 0 Å². The lowest BCUT2D eigenvalue weighted by atomic mass is 10.2. The minimum Gasteiger partial charge on any atom is -0.309 e. The number of rotatable bonds is 3. The van der Waals surface area contributed by atoms with Crippen LogP contribution in [-0.2, 0) is 6.54 Å². The van der Waals surface area contributed by atoms with Crippen molar-refractivity contribution in [3.8, 4) is 0 Å². The third-order valence-electron chi connectivity index (χ3n) is 2.53. The maximum Gasteiger partial charge on any atom is 0.0462 e. The standard InChI is InChI=1S/C11H13BrClNS/c12-9-2-1-8(11(13)5-9)6-14-10-3-4-15-7-10/h1-2,5,10,14H,3-4,6-7H2. The molecule has 1 aliphatic rings. The summed E-state index contributed by atoms with van der Waals surface area (Å²) in [4.78, 5) is 0. The summed E-state index contributed by atoms with van der Waals surface area (Å²) in [7, 11) is 0. The molecule has 4 heteroatoms. The van der Waals surface area contributed by atoms with Gasteiger partial charge in [-0.1, -0.05) is 33.6 Å². The van der Waals surface area contributed by atoms with Crippen LogP contribution in [0.5, 0.6) is 0 Å². The van der Waals surface area contributed by atoms with Crippen molar-refractivity contribution in [3.05, 3.63) is 33.3 Å². The van der Waals surface area contributed by atoms with E-state index in [-0.39, 0.29) is 0 Å². The van der Waals surface area contributed by atoms with Crippen LogP contribution < -0.4 is 5.32 Å². The Bertz CT molecular complexity index is 339. The molecule has 2 rings (SSSR count). The normalized spacial score (nSPS) is 20.8. The predicted molar refractivity (Wildman–Crippen MR) is 71.7 cm³/mol. The molecule has 1 atom stereocenters. The van der Waals surface area contributed by atoms with Gasteiger partial charge in [0.2, 0.25) is 0 Å². The fourth-order valence-electron chi connectivity index (χ4n) is 1.61. The fourth-order valence-corrected chi connectivity index (χ4v) is 3.54. The molecule has 1 heterocycles. The van der Waals surface area contributed by atoms with Crippen LogP contribution in [0.4, 0.5) is 0 Å². The third-order valence-corrected chi connectivity index (χ3v) is 4.53. The molecule has 0 aromatic heterocycles. The van der Waals surface area contributed by atoms with Crippen molar-refractivity contribution in [1.82, 2.24) is 5.32 Å². The van der Waals surface area contributed by atoms with Gasteiger partial charge in [0.05, 0.1) is 0 Å². The summed E-state index contributed by atoms with van der Waals surface area (Å²) in [5, 5.41) is 4.37. The van der Waals surface area contributed by atoms with Crippen molar-refractivity contribution in [2.24, 2.45) is 0 Å². The van der Waals surface area contributed by atoms with Crippen molar-refractivity contribution in [3.63, 3.8) is 0 Å². The summed E-state index contributed by atoms with van der Waals surface area (Å²) in [5.74, 6) is 2.51. The molecule has 0 radical (unpaired) electrons. The highest BCUT2D eigenvalue weighted by molar-refractivity contribution is 9.10. The highest BCUT2D eigenvalue weighted by Crippen LogP contribution is 2.22. The Morgan fingerprint density at radius 3 is 3.07 bits per heavy atom. The van der Waals surface area contributed by atoms with Crippen LogP contribution in [0.3, 0.4) is 0 Å². The van der Waals surface area contributed by atoms with Crippen LogP contribution in [0.1, 0.15) is 12.0 Å². The molecule has 0 aliphatic carbocycles. The van der Waals surface area contributed by atoms with Crippen LogP contribution in [0, 0.1) is 0 Å². The summed E-state index contributed by atoms with van der Waals surface area (Å²) in [6, 6.07) is 6.71. The van der Waals surface area contributed by atoms with Gasteiger partial charge < -0.3 is 5.32 Å². The first-order valence-corrected chi connectivity index (χ1v) is 7.33. The van der Waals surface area contributed by atoms with E-state index in [0.717, 1.165) is 16.0 Å². The number of halogens is 2. The van der Waals surface area contributed by atoms with E-state index in [9.17, 15) is 0 Å². The molecule has 0 bridgehead atoms. The average molecular weight is 307 g/mol. The zero-order valence-electron chi connectivity index (χ0n) is 8.30. The molecule has 1 aliphatic heterocycles. The van der Waals surface area contributed by atoms with E-state index in [1.54, 1.807) is 0 Å². The van der Waals surface area contributed by atoms with Gasteiger partial charge in [0, 0.05) is 27.8 Å². The minimum atomic E-state index is 0.662. The average Bonchev–Trinajstić information content (AvgIpc) is 2.69. The van der Waals surface area contributed by atoms with Crippen LogP contribution in [0.2, 0.25) is 5.02 Å². The summed E-state index contributed by atoms with van der Waals surface area (Å²) < 4.78 is 1.03. The molecular formula is C11H13BrClNS. The van der Waals surface area contributed by atoms with E-state index in [4.69, 9.17) is 11.6 Å². The maximum atomic E-state index is 6.14. The Balaban J connectivity index is 1.92. The number of thioether (sulfide) groups is 1. The number of hydrogen-bond acceptors (Lipinski definition) is 2. The van der Waals surface area contributed by atoms with Crippen molar-refractivity contribution in [2.75, 3.05) is 11.5 Å².